The van der Waals surface area contributed by atoms with E-state index in [0.717, 1.165) is 0 Å². The monoisotopic (exact) mass is 360 g/mol. The van der Waals surface area contributed by atoms with Crippen LogP contribution in [0.1, 0.15) is 26.2 Å². The van der Waals surface area contributed by atoms with Crippen molar-refractivity contribution < 1.29 is 41.0 Å². The molecule has 2 aliphatic rings. The summed E-state index contributed by atoms with van der Waals surface area (Å²) in [6, 6.07) is 0. The molecule has 2 saturated carbocycles. The molecule has 3 nitrogen and oxygen atoms in total. The van der Waals surface area contributed by atoms with Gasteiger partial charge in [-0.2, -0.15) is 26.3 Å². The number of hydrogen-bond donors (Lipinski definition) is 1. The normalized spacial score (nSPS) is 30.5. The SMILES string of the molecule is C=C(C)C(=O)OCC1CC2CC1CC2C(O)(C(F)(F)F)C(F)(F)F. The first-order valence-electron chi connectivity index (χ1n) is 7.47. The maximum atomic E-state index is 13.0. The quantitative estimate of drug-likeness (QED) is 0.473. The zero-order valence-electron chi connectivity index (χ0n) is 12.9. The van der Waals surface area contributed by atoms with E-state index in [4.69, 9.17) is 4.74 Å². The summed E-state index contributed by atoms with van der Waals surface area (Å²) >= 11 is 0. The molecular formula is C15H18F6O3. The van der Waals surface area contributed by atoms with Crippen molar-refractivity contribution in [2.45, 2.75) is 44.1 Å². The summed E-state index contributed by atoms with van der Waals surface area (Å²) in [6.45, 7) is 4.77. The topological polar surface area (TPSA) is 46.5 Å². The molecule has 2 aliphatic carbocycles. The molecule has 0 aromatic carbocycles. The van der Waals surface area contributed by atoms with Crippen LogP contribution in [0.25, 0.3) is 0 Å². The highest BCUT2D eigenvalue weighted by Crippen LogP contribution is 2.61. The molecule has 2 fully saturated rings. The van der Waals surface area contributed by atoms with Crippen molar-refractivity contribution in [3.8, 4) is 0 Å². The lowest BCUT2D eigenvalue weighted by Gasteiger charge is -2.41. The Morgan fingerprint density at radius 2 is 1.62 bits per heavy atom. The Bertz CT molecular complexity index is 510. The standard InChI is InChI=1S/C15H18F6O3/c1-7(2)12(22)24-6-10-4-9-3-8(10)5-11(9)13(23,14(16,17)18)15(19,20)21/h8-11,23H,1,3-6H2,2H3. The van der Waals surface area contributed by atoms with Gasteiger partial charge in [-0.05, 0) is 43.9 Å². The summed E-state index contributed by atoms with van der Waals surface area (Å²) in [6.07, 6.45) is -11.7. The van der Waals surface area contributed by atoms with E-state index in [1.54, 1.807) is 0 Å². The highest BCUT2D eigenvalue weighted by Gasteiger charge is 2.76. The fourth-order valence-electron chi connectivity index (χ4n) is 4.00. The molecule has 0 amide bonds. The largest absolute Gasteiger partial charge is 0.462 e. The molecule has 4 atom stereocenters. The first-order valence-corrected chi connectivity index (χ1v) is 7.47. The number of ether oxygens (including phenoxy) is 1. The predicted octanol–water partition coefficient (Wildman–Crippen LogP) is 3.62. The van der Waals surface area contributed by atoms with E-state index in [-0.39, 0.29) is 30.9 Å². The van der Waals surface area contributed by atoms with Gasteiger partial charge >= 0.3 is 18.3 Å². The Balaban J connectivity index is 2.09. The van der Waals surface area contributed by atoms with Crippen LogP contribution in [0, 0.1) is 23.7 Å². The minimum Gasteiger partial charge on any atom is -0.462 e. The van der Waals surface area contributed by atoms with E-state index >= 15 is 0 Å². The zero-order chi connectivity index (χ0) is 18.5. The van der Waals surface area contributed by atoms with E-state index in [1.165, 1.54) is 6.92 Å². The first kappa shape index (κ1) is 19.1. The van der Waals surface area contributed by atoms with Gasteiger partial charge in [0, 0.05) is 11.5 Å². The summed E-state index contributed by atoms with van der Waals surface area (Å²) in [7, 11) is 0. The van der Waals surface area contributed by atoms with Crippen molar-refractivity contribution in [1.82, 2.24) is 0 Å². The first-order chi connectivity index (χ1) is 10.8. The van der Waals surface area contributed by atoms with Crippen LogP contribution in [0.4, 0.5) is 26.3 Å². The van der Waals surface area contributed by atoms with Crippen LogP contribution < -0.4 is 0 Å². The van der Waals surface area contributed by atoms with E-state index in [0.29, 0.717) is 0 Å². The lowest BCUT2D eigenvalue weighted by atomic mass is 9.72. The number of hydrogen-bond acceptors (Lipinski definition) is 3. The number of rotatable bonds is 4. The van der Waals surface area contributed by atoms with Gasteiger partial charge in [-0.1, -0.05) is 6.58 Å². The van der Waals surface area contributed by atoms with Gasteiger partial charge in [0.15, 0.2) is 0 Å². The summed E-state index contributed by atoms with van der Waals surface area (Å²) in [5.41, 5.74) is -4.53. The van der Waals surface area contributed by atoms with Gasteiger partial charge in [0.05, 0.1) is 6.61 Å². The maximum absolute atomic E-state index is 13.0. The van der Waals surface area contributed by atoms with E-state index < -0.39 is 48.1 Å². The van der Waals surface area contributed by atoms with Crippen molar-refractivity contribution in [3.05, 3.63) is 12.2 Å². The number of esters is 1. The maximum Gasteiger partial charge on any atom is 0.426 e. The van der Waals surface area contributed by atoms with Gasteiger partial charge < -0.3 is 9.84 Å². The molecule has 0 aliphatic heterocycles. The molecule has 0 heterocycles. The molecule has 4 unspecified atom stereocenters. The van der Waals surface area contributed by atoms with Crippen LogP contribution in [0.5, 0.6) is 0 Å². The molecule has 0 aromatic heterocycles. The Morgan fingerprint density at radius 3 is 2.00 bits per heavy atom. The van der Waals surface area contributed by atoms with Crippen molar-refractivity contribution >= 4 is 5.97 Å². The van der Waals surface area contributed by atoms with E-state index in [9.17, 15) is 36.2 Å². The molecule has 2 rings (SSSR count). The molecule has 0 aromatic rings. The third kappa shape index (κ3) is 3.02. The molecule has 0 spiro atoms. The average Bonchev–Trinajstić information content (AvgIpc) is 3.00. The van der Waals surface area contributed by atoms with Gasteiger partial charge in [0.1, 0.15) is 0 Å². The van der Waals surface area contributed by atoms with Crippen LogP contribution in [-0.4, -0.2) is 35.6 Å². The van der Waals surface area contributed by atoms with Crippen molar-refractivity contribution in [1.29, 1.82) is 0 Å². The van der Waals surface area contributed by atoms with E-state index in [1.807, 2.05) is 0 Å². The van der Waals surface area contributed by atoms with Gasteiger partial charge in [-0.3, -0.25) is 0 Å². The number of fused-ring (bicyclic) bond motifs is 2. The Hall–Kier alpha value is -1.25. The smallest absolute Gasteiger partial charge is 0.426 e. The number of carbonyl (C=O) groups excluding carboxylic acids is 1. The van der Waals surface area contributed by atoms with Crippen molar-refractivity contribution in [2.24, 2.45) is 23.7 Å². The highest BCUT2D eigenvalue weighted by molar-refractivity contribution is 5.86. The Labute approximate surface area is 134 Å². The molecule has 1 N–H and O–H groups in total. The summed E-state index contributed by atoms with van der Waals surface area (Å²) in [4.78, 5) is 11.3. The number of carbonyl (C=O) groups is 1. The number of aliphatic hydroxyl groups is 1. The number of halogens is 6. The third-order valence-electron chi connectivity index (χ3n) is 5.18. The molecule has 9 heteroatoms. The summed E-state index contributed by atoms with van der Waals surface area (Å²) in [5, 5.41) is 9.54. The van der Waals surface area contributed by atoms with Crippen LogP contribution in [-0.2, 0) is 9.53 Å². The summed E-state index contributed by atoms with van der Waals surface area (Å²) < 4.78 is 82.8. The molecule has 138 valence electrons. The van der Waals surface area contributed by atoms with Crippen LogP contribution in [0.15, 0.2) is 12.2 Å². The minimum atomic E-state index is -5.79. The highest BCUT2D eigenvalue weighted by atomic mass is 19.4. The van der Waals surface area contributed by atoms with E-state index in [2.05, 4.69) is 6.58 Å². The Kier molecular flexibility index (Phi) is 4.71. The van der Waals surface area contributed by atoms with Gasteiger partial charge in [0.25, 0.3) is 5.60 Å². The zero-order valence-corrected chi connectivity index (χ0v) is 12.9. The molecule has 24 heavy (non-hydrogen) atoms. The number of alkyl halides is 6. The van der Waals surface area contributed by atoms with Gasteiger partial charge in [-0.15, -0.1) is 0 Å². The molecule has 2 bridgehead atoms. The molecular weight excluding hydrogens is 342 g/mol. The fraction of sp³-hybridized carbons (Fsp3) is 0.800. The second-order valence-corrected chi connectivity index (χ2v) is 6.73. The fourth-order valence-corrected chi connectivity index (χ4v) is 4.00. The molecule has 0 saturated heterocycles. The van der Waals surface area contributed by atoms with Crippen LogP contribution in [0.2, 0.25) is 0 Å². The van der Waals surface area contributed by atoms with Crippen LogP contribution >= 0.6 is 0 Å². The van der Waals surface area contributed by atoms with Crippen molar-refractivity contribution in [2.75, 3.05) is 6.61 Å². The second-order valence-electron chi connectivity index (χ2n) is 6.73. The lowest BCUT2D eigenvalue weighted by Crippen LogP contribution is -2.63. The summed E-state index contributed by atoms with van der Waals surface area (Å²) in [5.74, 6) is -4.20. The minimum absolute atomic E-state index is 0.0595. The second kappa shape index (κ2) is 5.93. The predicted molar refractivity (Wildman–Crippen MR) is 70.6 cm³/mol. The van der Waals surface area contributed by atoms with Gasteiger partial charge in [-0.25, -0.2) is 4.79 Å². The lowest BCUT2D eigenvalue weighted by molar-refractivity contribution is -0.389. The average molecular weight is 360 g/mol. The Morgan fingerprint density at radius 1 is 1.08 bits per heavy atom. The van der Waals surface area contributed by atoms with Gasteiger partial charge in [0.2, 0.25) is 0 Å². The third-order valence-corrected chi connectivity index (χ3v) is 5.18. The van der Waals surface area contributed by atoms with Crippen molar-refractivity contribution in [3.63, 3.8) is 0 Å². The van der Waals surface area contributed by atoms with Crippen LogP contribution in [0.3, 0.4) is 0 Å². The molecule has 0 radical (unpaired) electrons.